The van der Waals surface area contributed by atoms with Crippen LogP contribution in [0.3, 0.4) is 0 Å². The van der Waals surface area contributed by atoms with Gasteiger partial charge >= 0.3 is 6.09 Å². The Morgan fingerprint density at radius 3 is 2.59 bits per heavy atom. The maximum atomic E-state index is 14.0. The van der Waals surface area contributed by atoms with E-state index < -0.39 is 6.09 Å². The summed E-state index contributed by atoms with van der Waals surface area (Å²) in [5.74, 6) is -0.532. The number of oxazole rings is 1. The summed E-state index contributed by atoms with van der Waals surface area (Å²) in [6.07, 6.45) is 3.44. The van der Waals surface area contributed by atoms with Gasteiger partial charge in [0.05, 0.1) is 13.3 Å². The monoisotopic (exact) mass is 440 g/mol. The van der Waals surface area contributed by atoms with Gasteiger partial charge in [-0.15, -0.1) is 0 Å². The van der Waals surface area contributed by atoms with Crippen molar-refractivity contribution in [3.8, 4) is 0 Å². The van der Waals surface area contributed by atoms with Crippen LogP contribution in [-0.4, -0.2) is 40.9 Å². The van der Waals surface area contributed by atoms with Gasteiger partial charge in [0.15, 0.2) is 17.5 Å². The molecule has 2 aromatic heterocycles. The smallest absolute Gasteiger partial charge is 0.413 e. The summed E-state index contributed by atoms with van der Waals surface area (Å²) in [5, 5.41) is 11.4. The Kier molecular flexibility index (Phi) is 6.63. The highest BCUT2D eigenvalue weighted by atomic mass is 19.1. The van der Waals surface area contributed by atoms with Crippen molar-refractivity contribution in [1.82, 2.24) is 20.3 Å². The molecule has 0 aliphatic heterocycles. The molecule has 0 saturated carbocycles. The number of rotatable bonds is 7. The van der Waals surface area contributed by atoms with Gasteiger partial charge in [-0.1, -0.05) is 18.2 Å². The maximum absolute atomic E-state index is 14.0. The van der Waals surface area contributed by atoms with E-state index in [1.807, 2.05) is 0 Å². The molecule has 0 unspecified atom stereocenters. The van der Waals surface area contributed by atoms with E-state index in [9.17, 15) is 9.18 Å². The van der Waals surface area contributed by atoms with Gasteiger partial charge in [0, 0.05) is 19.2 Å². The van der Waals surface area contributed by atoms with Gasteiger partial charge in [-0.3, -0.25) is 10.3 Å². The zero-order chi connectivity index (χ0) is 23.3. The summed E-state index contributed by atoms with van der Waals surface area (Å²) in [6, 6.07) is 6.28. The molecule has 1 aromatic carbocycles. The average Bonchev–Trinajstić information content (AvgIpc) is 3.31. The number of nitrogens with two attached hydrogens (primary N) is 2. The molecule has 166 valence electrons. The Hall–Kier alpha value is -4.48. The van der Waals surface area contributed by atoms with E-state index in [2.05, 4.69) is 25.0 Å². The van der Waals surface area contributed by atoms with Crippen LogP contribution in [0, 0.1) is 11.2 Å². The first-order valence-electron chi connectivity index (χ1n) is 9.24. The average molecular weight is 440 g/mol. The molecular weight excluding hydrogens is 419 g/mol. The number of hydrogen-bond donors (Lipinski definition) is 4. The van der Waals surface area contributed by atoms with Crippen LogP contribution in [0.2, 0.25) is 0 Å². The normalized spacial score (nSPS) is 11.2. The molecule has 12 heteroatoms. The lowest BCUT2D eigenvalue weighted by molar-refractivity contribution is 0.180. The first kappa shape index (κ1) is 22.2. The third kappa shape index (κ3) is 4.80. The topological polar surface area (TPSA) is 169 Å². The predicted octanol–water partition coefficient (Wildman–Crippen LogP) is 2.17. The second-order valence-corrected chi connectivity index (χ2v) is 6.45. The molecule has 0 aliphatic rings. The van der Waals surface area contributed by atoms with Gasteiger partial charge in [-0.05, 0) is 12.1 Å². The zero-order valence-corrected chi connectivity index (χ0v) is 17.3. The van der Waals surface area contributed by atoms with Crippen LogP contribution in [-0.2, 0) is 11.3 Å². The second kappa shape index (κ2) is 9.55. The number of carbonyl (C=O) groups is 1. The highest BCUT2D eigenvalue weighted by molar-refractivity contribution is 6.08. The summed E-state index contributed by atoms with van der Waals surface area (Å²) in [5.41, 5.74) is 12.5. The highest BCUT2D eigenvalue weighted by Gasteiger charge is 2.21. The molecule has 0 fully saturated rings. The van der Waals surface area contributed by atoms with E-state index in [4.69, 9.17) is 21.3 Å². The minimum Gasteiger partial charge on any atom is -0.452 e. The number of aromatic nitrogens is 3. The number of amides is 1. The number of methoxy groups -OCH3 is 1. The van der Waals surface area contributed by atoms with Crippen molar-refractivity contribution in [3.05, 3.63) is 65.9 Å². The SMILES string of the molecule is COC(=O)N(C)c1c(N)nc(C(=N)/C=C(\NCc2ccccc2F)c2ncco2)nc1N. The lowest BCUT2D eigenvalue weighted by atomic mass is 10.2. The van der Waals surface area contributed by atoms with Crippen molar-refractivity contribution in [1.29, 1.82) is 5.41 Å². The zero-order valence-electron chi connectivity index (χ0n) is 17.3. The third-order valence-electron chi connectivity index (χ3n) is 4.34. The van der Waals surface area contributed by atoms with Crippen molar-refractivity contribution in [2.75, 3.05) is 30.5 Å². The van der Waals surface area contributed by atoms with Crippen LogP contribution in [0.4, 0.5) is 26.5 Å². The Labute approximate surface area is 182 Å². The van der Waals surface area contributed by atoms with Crippen LogP contribution in [0.1, 0.15) is 17.3 Å². The predicted molar refractivity (Wildman–Crippen MR) is 116 cm³/mol. The lowest BCUT2D eigenvalue weighted by Crippen LogP contribution is -2.29. The van der Waals surface area contributed by atoms with Crippen LogP contribution < -0.4 is 21.7 Å². The van der Waals surface area contributed by atoms with Crippen LogP contribution in [0.15, 0.2) is 47.2 Å². The van der Waals surface area contributed by atoms with Crippen molar-refractivity contribution < 1.29 is 18.3 Å². The first-order valence-corrected chi connectivity index (χ1v) is 9.24. The Morgan fingerprint density at radius 1 is 1.31 bits per heavy atom. The molecule has 11 nitrogen and oxygen atoms in total. The molecule has 6 N–H and O–H groups in total. The first-order chi connectivity index (χ1) is 15.3. The van der Waals surface area contributed by atoms with Gasteiger partial charge in [0.2, 0.25) is 5.89 Å². The molecule has 3 rings (SSSR count). The molecule has 0 saturated heterocycles. The molecule has 0 bridgehead atoms. The summed E-state index contributed by atoms with van der Waals surface area (Å²) in [6.45, 7) is 0.113. The number of nitrogens with zero attached hydrogens (tertiary/aromatic N) is 4. The molecular formula is C20H21FN8O3. The second-order valence-electron chi connectivity index (χ2n) is 6.45. The number of allylic oxidation sites excluding steroid dienone is 1. The molecule has 0 aliphatic carbocycles. The molecule has 1 amide bonds. The van der Waals surface area contributed by atoms with Gasteiger partial charge in [-0.2, -0.15) is 0 Å². The summed E-state index contributed by atoms with van der Waals surface area (Å²) < 4.78 is 23.9. The highest BCUT2D eigenvalue weighted by Crippen LogP contribution is 2.27. The number of carbonyl (C=O) groups excluding carboxylic acids is 1. The van der Waals surface area contributed by atoms with E-state index in [0.29, 0.717) is 11.3 Å². The van der Waals surface area contributed by atoms with E-state index in [1.54, 1.807) is 18.2 Å². The fourth-order valence-electron chi connectivity index (χ4n) is 2.77. The van der Waals surface area contributed by atoms with Crippen molar-refractivity contribution >= 4 is 34.8 Å². The number of ether oxygens (including phenoxy) is 1. The standard InChI is InChI=1S/C20H21FN8O3/c1-29(20(30)31-2)15-16(23)27-18(28-17(15)24)13(22)9-14(19-25-7-8-32-19)26-10-11-5-3-4-6-12(11)21/h3-9,22,26H,10H2,1-2H3,(H4,23,24,27,28)/b14-9-,22-13?. The Bertz CT molecular complexity index is 1140. The lowest BCUT2D eigenvalue weighted by Gasteiger charge is -2.18. The molecule has 2 heterocycles. The number of nitrogens with one attached hydrogen (secondary N) is 2. The fourth-order valence-corrected chi connectivity index (χ4v) is 2.77. The summed E-state index contributed by atoms with van der Waals surface area (Å²) in [4.78, 5) is 25.0. The minimum absolute atomic E-state index is 0.0583. The molecule has 0 spiro atoms. The van der Waals surface area contributed by atoms with Gasteiger partial charge in [0.25, 0.3) is 0 Å². The summed E-state index contributed by atoms with van der Waals surface area (Å²) in [7, 11) is 2.61. The molecule has 3 aromatic rings. The third-order valence-corrected chi connectivity index (χ3v) is 4.34. The number of anilines is 3. The molecule has 0 atom stereocenters. The van der Waals surface area contributed by atoms with Gasteiger partial charge in [0.1, 0.15) is 29.2 Å². The van der Waals surface area contributed by atoms with E-state index >= 15 is 0 Å². The van der Waals surface area contributed by atoms with E-state index in [0.717, 1.165) is 4.90 Å². The van der Waals surface area contributed by atoms with Crippen LogP contribution in [0.25, 0.3) is 5.70 Å². The van der Waals surface area contributed by atoms with Crippen LogP contribution >= 0.6 is 0 Å². The maximum Gasteiger partial charge on any atom is 0.413 e. The fraction of sp³-hybridized carbons (Fsp3) is 0.150. The number of nitrogen functional groups attached to an aromatic ring is 2. The van der Waals surface area contributed by atoms with Crippen molar-refractivity contribution in [3.63, 3.8) is 0 Å². The van der Waals surface area contributed by atoms with Crippen LogP contribution in [0.5, 0.6) is 0 Å². The Morgan fingerprint density at radius 2 is 2.00 bits per heavy atom. The molecule has 32 heavy (non-hydrogen) atoms. The number of halogens is 1. The molecule has 0 radical (unpaired) electrons. The Balaban J connectivity index is 1.90. The van der Waals surface area contributed by atoms with Crippen molar-refractivity contribution in [2.24, 2.45) is 0 Å². The van der Waals surface area contributed by atoms with E-state index in [-0.39, 0.29) is 47.1 Å². The quantitative estimate of drug-likeness (QED) is 0.402. The number of hydrogen-bond acceptors (Lipinski definition) is 10. The number of benzene rings is 1. The van der Waals surface area contributed by atoms with Crippen molar-refractivity contribution in [2.45, 2.75) is 6.54 Å². The largest absolute Gasteiger partial charge is 0.452 e. The van der Waals surface area contributed by atoms with E-state index in [1.165, 1.54) is 38.8 Å². The minimum atomic E-state index is -0.710. The van der Waals surface area contributed by atoms with Gasteiger partial charge in [-0.25, -0.2) is 24.1 Å². The summed E-state index contributed by atoms with van der Waals surface area (Å²) >= 11 is 0. The van der Waals surface area contributed by atoms with Gasteiger partial charge < -0.3 is 25.9 Å².